The fraction of sp³-hybridized carbons (Fsp3) is 0.318. The predicted molar refractivity (Wildman–Crippen MR) is 114 cm³/mol. The van der Waals surface area contributed by atoms with Gasteiger partial charge in [0.25, 0.3) is 5.91 Å². The Balaban J connectivity index is 1.57. The molecule has 31 heavy (non-hydrogen) atoms. The molecule has 3 aromatic heterocycles. The van der Waals surface area contributed by atoms with E-state index in [2.05, 4.69) is 31.9 Å². The third kappa shape index (κ3) is 4.95. The second-order valence-electron chi connectivity index (χ2n) is 7.53. The minimum atomic E-state index is -1.01. The molecule has 1 saturated heterocycles. The van der Waals surface area contributed by atoms with E-state index in [1.54, 1.807) is 41.1 Å². The van der Waals surface area contributed by atoms with Gasteiger partial charge in [0.15, 0.2) is 11.5 Å². The lowest BCUT2D eigenvalue weighted by atomic mass is 9.98. The molecule has 1 fully saturated rings. The Hall–Kier alpha value is -3.59. The van der Waals surface area contributed by atoms with Crippen molar-refractivity contribution < 1.29 is 14.7 Å². The van der Waals surface area contributed by atoms with Crippen molar-refractivity contribution in [3.05, 3.63) is 65.9 Å². The van der Waals surface area contributed by atoms with Gasteiger partial charge in [-0.25, -0.2) is 0 Å². The molecule has 4 heterocycles. The SMILES string of the molecule is O=C(O)CC(NC(=O)c1cccn2c(C=CC3CCNCC3)nnc12)c1cccnc1. The highest BCUT2D eigenvalue weighted by Gasteiger charge is 2.21. The Bertz CT molecular complexity index is 1090. The number of carbonyl (C=O) groups excluding carboxylic acids is 1. The number of nitrogens with zero attached hydrogens (tertiary/aromatic N) is 4. The number of piperidine rings is 1. The van der Waals surface area contributed by atoms with E-state index in [0.717, 1.165) is 25.9 Å². The van der Waals surface area contributed by atoms with Crippen molar-refractivity contribution >= 4 is 23.6 Å². The quantitative estimate of drug-likeness (QED) is 0.535. The molecule has 0 spiro atoms. The molecule has 0 bridgehead atoms. The molecule has 3 N–H and O–H groups in total. The van der Waals surface area contributed by atoms with Crippen LogP contribution in [0.1, 0.15) is 47.1 Å². The summed E-state index contributed by atoms with van der Waals surface area (Å²) in [6, 6.07) is 6.14. The third-order valence-corrected chi connectivity index (χ3v) is 5.38. The average Bonchev–Trinajstić information content (AvgIpc) is 3.21. The van der Waals surface area contributed by atoms with Crippen LogP contribution in [0.4, 0.5) is 0 Å². The van der Waals surface area contributed by atoms with Crippen molar-refractivity contribution in [3.8, 4) is 0 Å². The topological polar surface area (TPSA) is 122 Å². The fourth-order valence-electron chi connectivity index (χ4n) is 3.73. The van der Waals surface area contributed by atoms with E-state index >= 15 is 0 Å². The predicted octanol–water partition coefficient (Wildman–Crippen LogP) is 2.08. The summed E-state index contributed by atoms with van der Waals surface area (Å²) < 4.78 is 1.77. The molecule has 1 aliphatic rings. The standard InChI is InChI=1S/C22H24N6O3/c29-20(30)13-18(16-3-1-9-24-14-16)25-22(31)17-4-2-12-28-19(26-27-21(17)28)6-5-15-7-10-23-11-8-15/h1-6,9,12,14-15,18,23H,7-8,10-11,13H2,(H,25,31)(H,29,30). The number of carboxylic acids is 1. The van der Waals surface area contributed by atoms with Crippen LogP contribution in [0.15, 0.2) is 48.9 Å². The van der Waals surface area contributed by atoms with Gasteiger partial charge in [-0.3, -0.25) is 19.0 Å². The Kier molecular flexibility index (Phi) is 6.32. The summed E-state index contributed by atoms with van der Waals surface area (Å²) >= 11 is 0. The average molecular weight is 420 g/mol. The van der Waals surface area contributed by atoms with Gasteiger partial charge in [0, 0.05) is 18.6 Å². The van der Waals surface area contributed by atoms with Crippen molar-refractivity contribution in [3.63, 3.8) is 0 Å². The van der Waals surface area contributed by atoms with Gasteiger partial charge < -0.3 is 15.7 Å². The molecule has 0 aliphatic carbocycles. The molecule has 1 amide bonds. The number of nitrogens with one attached hydrogen (secondary N) is 2. The highest BCUT2D eigenvalue weighted by molar-refractivity contribution is 6.00. The Morgan fingerprint density at radius 2 is 2.10 bits per heavy atom. The molecule has 160 valence electrons. The summed E-state index contributed by atoms with van der Waals surface area (Å²) in [6.45, 7) is 2.02. The van der Waals surface area contributed by atoms with E-state index in [4.69, 9.17) is 0 Å². The maximum Gasteiger partial charge on any atom is 0.305 e. The molecule has 0 radical (unpaired) electrons. The van der Waals surface area contributed by atoms with Crippen molar-refractivity contribution in [1.82, 2.24) is 30.2 Å². The number of hydrogen-bond acceptors (Lipinski definition) is 6. The second kappa shape index (κ2) is 9.48. The smallest absolute Gasteiger partial charge is 0.305 e. The first-order valence-electron chi connectivity index (χ1n) is 10.3. The lowest BCUT2D eigenvalue weighted by Gasteiger charge is -2.18. The van der Waals surface area contributed by atoms with E-state index in [9.17, 15) is 14.7 Å². The Labute approximate surface area is 179 Å². The molecule has 0 saturated carbocycles. The van der Waals surface area contributed by atoms with Gasteiger partial charge in [-0.1, -0.05) is 12.1 Å². The first kappa shape index (κ1) is 20.7. The number of amides is 1. The lowest BCUT2D eigenvalue weighted by Crippen LogP contribution is -2.30. The molecule has 9 heteroatoms. The highest BCUT2D eigenvalue weighted by Crippen LogP contribution is 2.19. The highest BCUT2D eigenvalue weighted by atomic mass is 16.4. The molecule has 0 aromatic carbocycles. The Morgan fingerprint density at radius 3 is 2.84 bits per heavy atom. The number of aromatic nitrogens is 4. The van der Waals surface area contributed by atoms with E-state index in [1.807, 2.05) is 12.3 Å². The zero-order chi connectivity index (χ0) is 21.6. The second-order valence-corrected chi connectivity index (χ2v) is 7.53. The molecule has 1 unspecified atom stereocenters. The van der Waals surface area contributed by atoms with Crippen molar-refractivity contribution in [2.24, 2.45) is 5.92 Å². The normalized spacial score (nSPS) is 15.9. The number of carbonyl (C=O) groups is 2. The minimum Gasteiger partial charge on any atom is -0.481 e. The van der Waals surface area contributed by atoms with Gasteiger partial charge in [-0.15, -0.1) is 10.2 Å². The zero-order valence-corrected chi connectivity index (χ0v) is 16.9. The summed E-state index contributed by atoms with van der Waals surface area (Å²) in [5, 5.41) is 23.8. The van der Waals surface area contributed by atoms with Crippen LogP contribution in [0.25, 0.3) is 11.7 Å². The molecule has 1 aliphatic heterocycles. The van der Waals surface area contributed by atoms with Crippen LogP contribution >= 0.6 is 0 Å². The number of rotatable bonds is 7. The summed E-state index contributed by atoms with van der Waals surface area (Å²) in [5.41, 5.74) is 1.37. The fourth-order valence-corrected chi connectivity index (χ4v) is 3.73. The van der Waals surface area contributed by atoms with Gasteiger partial charge >= 0.3 is 5.97 Å². The number of allylic oxidation sites excluding steroid dienone is 1. The lowest BCUT2D eigenvalue weighted by molar-refractivity contribution is -0.137. The maximum atomic E-state index is 13.0. The monoisotopic (exact) mass is 420 g/mol. The number of fused-ring (bicyclic) bond motifs is 1. The Morgan fingerprint density at radius 1 is 1.26 bits per heavy atom. The zero-order valence-electron chi connectivity index (χ0n) is 16.9. The first-order chi connectivity index (χ1) is 15.1. The molecule has 9 nitrogen and oxygen atoms in total. The molecular formula is C22H24N6O3. The van der Waals surface area contributed by atoms with E-state index < -0.39 is 17.9 Å². The number of aliphatic carboxylic acids is 1. The largest absolute Gasteiger partial charge is 0.481 e. The van der Waals surface area contributed by atoms with Gasteiger partial charge in [0.05, 0.1) is 18.0 Å². The summed E-state index contributed by atoms with van der Waals surface area (Å²) in [5.74, 6) is -0.281. The van der Waals surface area contributed by atoms with Crippen molar-refractivity contribution in [1.29, 1.82) is 0 Å². The van der Waals surface area contributed by atoms with Crippen LogP contribution in [0.3, 0.4) is 0 Å². The summed E-state index contributed by atoms with van der Waals surface area (Å²) in [4.78, 5) is 28.3. The van der Waals surface area contributed by atoms with Crippen LogP contribution in [0.2, 0.25) is 0 Å². The van der Waals surface area contributed by atoms with Crippen molar-refractivity contribution in [2.75, 3.05) is 13.1 Å². The molecule has 4 rings (SSSR count). The third-order valence-electron chi connectivity index (χ3n) is 5.38. The van der Waals surface area contributed by atoms with E-state index in [1.165, 1.54) is 0 Å². The minimum absolute atomic E-state index is 0.253. The molecular weight excluding hydrogens is 396 g/mol. The number of carboxylic acid groups (broad SMARTS) is 1. The van der Waals surface area contributed by atoms with Gasteiger partial charge in [-0.2, -0.15) is 0 Å². The van der Waals surface area contributed by atoms with Crippen LogP contribution in [-0.4, -0.2) is 49.7 Å². The van der Waals surface area contributed by atoms with Crippen LogP contribution in [0.5, 0.6) is 0 Å². The van der Waals surface area contributed by atoms with Crippen LogP contribution < -0.4 is 10.6 Å². The van der Waals surface area contributed by atoms with Gasteiger partial charge in [0.1, 0.15) is 0 Å². The number of hydrogen-bond donors (Lipinski definition) is 3. The van der Waals surface area contributed by atoms with Crippen LogP contribution in [-0.2, 0) is 4.79 Å². The molecule has 3 aromatic rings. The van der Waals surface area contributed by atoms with Gasteiger partial charge in [-0.05, 0) is 61.7 Å². The van der Waals surface area contributed by atoms with Crippen LogP contribution in [0, 0.1) is 5.92 Å². The summed E-state index contributed by atoms with van der Waals surface area (Å²) in [6.07, 6.45) is 11.0. The maximum absolute atomic E-state index is 13.0. The molecule has 1 atom stereocenters. The van der Waals surface area contributed by atoms with Crippen molar-refractivity contribution in [2.45, 2.75) is 25.3 Å². The van der Waals surface area contributed by atoms with E-state index in [0.29, 0.717) is 28.5 Å². The number of pyridine rings is 2. The van der Waals surface area contributed by atoms with Gasteiger partial charge in [0.2, 0.25) is 0 Å². The summed E-state index contributed by atoms with van der Waals surface area (Å²) in [7, 11) is 0. The first-order valence-corrected chi connectivity index (χ1v) is 10.3. The van der Waals surface area contributed by atoms with E-state index in [-0.39, 0.29) is 6.42 Å².